The molecular formula is C21H19N3O3. The normalized spacial score (nSPS) is 10.7. The van der Waals surface area contributed by atoms with Crippen molar-refractivity contribution in [1.82, 2.24) is 10.7 Å². The number of carbonyl (C=O) groups is 2. The first-order chi connectivity index (χ1) is 13.2. The van der Waals surface area contributed by atoms with Crippen LogP contribution in [-0.4, -0.2) is 31.2 Å². The summed E-state index contributed by atoms with van der Waals surface area (Å²) < 4.78 is 5.47. The molecule has 0 aliphatic carbocycles. The average Bonchev–Trinajstić information content (AvgIpc) is 2.71. The monoisotopic (exact) mass is 361 g/mol. The van der Waals surface area contributed by atoms with Gasteiger partial charge in [0.15, 0.2) is 6.61 Å². The molecule has 0 heterocycles. The van der Waals surface area contributed by atoms with Gasteiger partial charge in [-0.2, -0.15) is 5.10 Å². The van der Waals surface area contributed by atoms with E-state index < -0.39 is 5.91 Å². The third-order valence-electron chi connectivity index (χ3n) is 3.74. The molecule has 0 bridgehead atoms. The molecule has 2 amide bonds. The van der Waals surface area contributed by atoms with Crippen molar-refractivity contribution in [2.75, 3.05) is 13.2 Å². The number of ether oxygens (including phenoxy) is 1. The second-order valence-corrected chi connectivity index (χ2v) is 5.78. The minimum absolute atomic E-state index is 0.168. The summed E-state index contributed by atoms with van der Waals surface area (Å²) in [7, 11) is 0. The van der Waals surface area contributed by atoms with Crippen LogP contribution in [0.15, 0.2) is 77.9 Å². The quantitative estimate of drug-likeness (QED) is 0.501. The van der Waals surface area contributed by atoms with Gasteiger partial charge >= 0.3 is 0 Å². The van der Waals surface area contributed by atoms with E-state index in [1.54, 1.807) is 6.07 Å². The van der Waals surface area contributed by atoms with Crippen LogP contribution in [0.4, 0.5) is 0 Å². The number of rotatable bonds is 7. The van der Waals surface area contributed by atoms with Crippen LogP contribution < -0.4 is 15.5 Å². The van der Waals surface area contributed by atoms with Crippen LogP contribution in [0.25, 0.3) is 10.8 Å². The number of nitrogens with zero attached hydrogens (tertiary/aromatic N) is 1. The van der Waals surface area contributed by atoms with E-state index in [0.29, 0.717) is 5.75 Å². The van der Waals surface area contributed by atoms with Crippen molar-refractivity contribution in [2.45, 2.75) is 0 Å². The minimum Gasteiger partial charge on any atom is -0.484 e. The summed E-state index contributed by atoms with van der Waals surface area (Å²) in [6, 6.07) is 22.9. The van der Waals surface area contributed by atoms with Crippen molar-refractivity contribution in [3.63, 3.8) is 0 Å². The molecule has 2 N–H and O–H groups in total. The fourth-order valence-corrected chi connectivity index (χ4v) is 2.39. The van der Waals surface area contributed by atoms with Crippen LogP contribution in [0.2, 0.25) is 0 Å². The summed E-state index contributed by atoms with van der Waals surface area (Å²) in [5.41, 5.74) is 3.22. The molecule has 6 nitrogen and oxygen atoms in total. The van der Waals surface area contributed by atoms with Gasteiger partial charge in [-0.15, -0.1) is 0 Å². The molecular weight excluding hydrogens is 342 g/mol. The van der Waals surface area contributed by atoms with Gasteiger partial charge in [0, 0.05) is 0 Å². The summed E-state index contributed by atoms with van der Waals surface area (Å²) in [6.45, 7) is -0.342. The molecule has 27 heavy (non-hydrogen) atoms. The Balaban J connectivity index is 1.39. The molecule has 0 aliphatic rings. The highest BCUT2D eigenvalue weighted by atomic mass is 16.5. The maximum Gasteiger partial charge on any atom is 0.259 e. The SMILES string of the molecule is O=C(COc1ccc2ccccc2c1)NCC(=O)N/N=C/c1ccccc1. The summed E-state index contributed by atoms with van der Waals surface area (Å²) in [5.74, 6) is -0.202. The number of hydrogen-bond donors (Lipinski definition) is 2. The lowest BCUT2D eigenvalue weighted by Gasteiger charge is -2.08. The summed E-state index contributed by atoms with van der Waals surface area (Å²) in [6.07, 6.45) is 1.53. The highest BCUT2D eigenvalue weighted by Crippen LogP contribution is 2.20. The van der Waals surface area contributed by atoms with Crippen molar-refractivity contribution in [3.8, 4) is 5.75 Å². The number of fused-ring (bicyclic) bond motifs is 1. The molecule has 0 aliphatic heterocycles. The zero-order valence-corrected chi connectivity index (χ0v) is 14.6. The maximum atomic E-state index is 11.8. The number of amides is 2. The molecule has 0 saturated heterocycles. The second kappa shape index (κ2) is 9.15. The standard InChI is InChI=1S/C21H19N3O3/c25-20(24-23-13-16-6-2-1-3-7-16)14-22-21(26)15-27-19-11-10-17-8-4-5-9-18(17)12-19/h1-13H,14-15H2,(H,22,26)(H,24,25)/b23-13+. The number of nitrogens with one attached hydrogen (secondary N) is 2. The van der Waals surface area contributed by atoms with E-state index in [1.165, 1.54) is 6.21 Å². The van der Waals surface area contributed by atoms with Gasteiger partial charge in [-0.25, -0.2) is 5.43 Å². The Morgan fingerprint density at radius 2 is 1.63 bits per heavy atom. The van der Waals surface area contributed by atoms with Crippen molar-refractivity contribution in [3.05, 3.63) is 78.4 Å². The molecule has 136 valence electrons. The summed E-state index contributed by atoms with van der Waals surface area (Å²) in [4.78, 5) is 23.5. The second-order valence-electron chi connectivity index (χ2n) is 5.78. The molecule has 0 atom stereocenters. The van der Waals surface area contributed by atoms with Crippen LogP contribution in [-0.2, 0) is 9.59 Å². The van der Waals surface area contributed by atoms with E-state index in [9.17, 15) is 9.59 Å². The number of benzene rings is 3. The Labute approximate surface area is 156 Å². The first-order valence-corrected chi connectivity index (χ1v) is 8.46. The van der Waals surface area contributed by atoms with Gasteiger partial charge < -0.3 is 10.1 Å². The minimum atomic E-state index is -0.416. The Morgan fingerprint density at radius 3 is 2.44 bits per heavy atom. The van der Waals surface area contributed by atoms with E-state index >= 15 is 0 Å². The highest BCUT2D eigenvalue weighted by Gasteiger charge is 2.06. The zero-order valence-electron chi connectivity index (χ0n) is 14.6. The van der Waals surface area contributed by atoms with Crippen molar-refractivity contribution < 1.29 is 14.3 Å². The predicted octanol–water partition coefficient (Wildman–Crippen LogP) is 2.49. The molecule has 6 heteroatoms. The lowest BCUT2D eigenvalue weighted by Crippen LogP contribution is -2.37. The Kier molecular flexibility index (Phi) is 6.14. The highest BCUT2D eigenvalue weighted by molar-refractivity contribution is 5.87. The Morgan fingerprint density at radius 1 is 0.889 bits per heavy atom. The van der Waals surface area contributed by atoms with E-state index in [2.05, 4.69) is 15.8 Å². The first kappa shape index (κ1) is 18.1. The molecule has 0 unspecified atom stereocenters. The van der Waals surface area contributed by atoms with Gasteiger partial charge in [0.05, 0.1) is 12.8 Å². The van der Waals surface area contributed by atoms with Gasteiger partial charge in [0.1, 0.15) is 5.75 Å². The molecule has 3 rings (SSSR count). The Bertz CT molecular complexity index is 955. The smallest absolute Gasteiger partial charge is 0.259 e. The topological polar surface area (TPSA) is 79.8 Å². The van der Waals surface area contributed by atoms with Gasteiger partial charge in [0.25, 0.3) is 11.8 Å². The molecule has 3 aromatic carbocycles. The van der Waals surface area contributed by atoms with Crippen LogP contribution in [0, 0.1) is 0 Å². The zero-order chi connectivity index (χ0) is 18.9. The van der Waals surface area contributed by atoms with E-state index in [1.807, 2.05) is 66.7 Å². The third kappa shape index (κ3) is 5.67. The largest absolute Gasteiger partial charge is 0.484 e. The van der Waals surface area contributed by atoms with Gasteiger partial charge in [0.2, 0.25) is 0 Å². The maximum absolute atomic E-state index is 11.8. The van der Waals surface area contributed by atoms with E-state index in [-0.39, 0.29) is 19.1 Å². The number of carbonyl (C=O) groups excluding carboxylic acids is 2. The molecule has 0 saturated carbocycles. The van der Waals surface area contributed by atoms with Gasteiger partial charge in [-0.05, 0) is 28.5 Å². The lowest BCUT2D eigenvalue weighted by atomic mass is 10.1. The number of hydrazone groups is 1. The Hall–Kier alpha value is -3.67. The van der Waals surface area contributed by atoms with Gasteiger partial charge in [-0.1, -0.05) is 60.7 Å². The fraction of sp³-hybridized carbons (Fsp3) is 0.0952. The summed E-state index contributed by atoms with van der Waals surface area (Å²) in [5, 5.41) is 8.46. The average molecular weight is 361 g/mol. The van der Waals surface area contributed by atoms with Gasteiger partial charge in [-0.3, -0.25) is 9.59 Å². The molecule has 0 radical (unpaired) electrons. The van der Waals surface area contributed by atoms with Crippen LogP contribution in [0.3, 0.4) is 0 Å². The molecule has 0 fully saturated rings. The van der Waals surface area contributed by atoms with Crippen LogP contribution >= 0.6 is 0 Å². The van der Waals surface area contributed by atoms with Crippen LogP contribution in [0.5, 0.6) is 5.75 Å². The summed E-state index contributed by atoms with van der Waals surface area (Å²) >= 11 is 0. The van der Waals surface area contributed by atoms with E-state index in [0.717, 1.165) is 16.3 Å². The van der Waals surface area contributed by atoms with Crippen LogP contribution in [0.1, 0.15) is 5.56 Å². The molecule has 0 spiro atoms. The van der Waals surface area contributed by atoms with Crippen molar-refractivity contribution in [1.29, 1.82) is 0 Å². The van der Waals surface area contributed by atoms with Crippen molar-refractivity contribution >= 4 is 28.8 Å². The number of hydrogen-bond acceptors (Lipinski definition) is 4. The third-order valence-corrected chi connectivity index (χ3v) is 3.74. The predicted molar refractivity (Wildman–Crippen MR) is 105 cm³/mol. The van der Waals surface area contributed by atoms with Crippen molar-refractivity contribution in [2.24, 2.45) is 5.10 Å². The van der Waals surface area contributed by atoms with E-state index in [4.69, 9.17) is 4.74 Å². The first-order valence-electron chi connectivity index (χ1n) is 8.46. The lowest BCUT2D eigenvalue weighted by molar-refractivity contribution is -0.127. The fourth-order valence-electron chi connectivity index (χ4n) is 2.39. The molecule has 3 aromatic rings. The molecule has 0 aromatic heterocycles.